The van der Waals surface area contributed by atoms with Crippen molar-refractivity contribution in [2.45, 2.75) is 13.3 Å². The van der Waals surface area contributed by atoms with Gasteiger partial charge in [-0.3, -0.25) is 9.59 Å². The molecule has 4 nitrogen and oxygen atoms in total. The van der Waals surface area contributed by atoms with Crippen LogP contribution in [0.5, 0.6) is 0 Å². The van der Waals surface area contributed by atoms with Crippen LogP contribution in [0, 0.1) is 6.92 Å². The van der Waals surface area contributed by atoms with Crippen LogP contribution in [0.1, 0.15) is 11.1 Å². The van der Waals surface area contributed by atoms with Crippen molar-refractivity contribution in [3.8, 4) is 0 Å². The first-order valence-corrected chi connectivity index (χ1v) is 3.88. The molecule has 1 aromatic heterocycles. The Hall–Kier alpha value is -1.58. The Balaban J connectivity index is 2.94. The standard InChI is InChI=1S/C9H11NO3/c1-6-5-10-8(11)3-7(6)4-9(12)13-2/h3,5H,4H2,1-2H3,(H,10,11). The van der Waals surface area contributed by atoms with Gasteiger partial charge in [0.15, 0.2) is 0 Å². The zero-order valence-electron chi connectivity index (χ0n) is 7.59. The van der Waals surface area contributed by atoms with Gasteiger partial charge in [0.2, 0.25) is 5.56 Å². The molecule has 0 radical (unpaired) electrons. The Morgan fingerprint density at radius 2 is 2.31 bits per heavy atom. The summed E-state index contributed by atoms with van der Waals surface area (Å²) in [5, 5.41) is 0. The van der Waals surface area contributed by atoms with Gasteiger partial charge in [0.1, 0.15) is 0 Å². The highest BCUT2D eigenvalue weighted by molar-refractivity contribution is 5.72. The molecular formula is C9H11NO3. The van der Waals surface area contributed by atoms with Gasteiger partial charge in [0, 0.05) is 12.3 Å². The third-order valence-electron chi connectivity index (χ3n) is 1.81. The second-order valence-corrected chi connectivity index (χ2v) is 2.76. The van der Waals surface area contributed by atoms with E-state index in [-0.39, 0.29) is 17.9 Å². The van der Waals surface area contributed by atoms with Gasteiger partial charge in [0.05, 0.1) is 13.5 Å². The van der Waals surface area contributed by atoms with Gasteiger partial charge in [-0.1, -0.05) is 0 Å². The summed E-state index contributed by atoms with van der Waals surface area (Å²) < 4.78 is 4.50. The highest BCUT2D eigenvalue weighted by atomic mass is 16.5. The van der Waals surface area contributed by atoms with E-state index in [2.05, 4.69) is 9.72 Å². The lowest BCUT2D eigenvalue weighted by Gasteiger charge is -2.02. The topological polar surface area (TPSA) is 59.2 Å². The first-order chi connectivity index (χ1) is 6.13. The van der Waals surface area contributed by atoms with Crippen molar-refractivity contribution in [1.82, 2.24) is 4.98 Å². The van der Waals surface area contributed by atoms with E-state index in [1.807, 2.05) is 6.92 Å². The van der Waals surface area contributed by atoms with Crippen LogP contribution >= 0.6 is 0 Å². The number of aromatic nitrogens is 1. The van der Waals surface area contributed by atoms with Crippen LogP contribution in [0.25, 0.3) is 0 Å². The molecule has 1 aromatic rings. The molecule has 0 spiro atoms. The number of pyridine rings is 1. The minimum absolute atomic E-state index is 0.145. The van der Waals surface area contributed by atoms with Gasteiger partial charge < -0.3 is 9.72 Å². The van der Waals surface area contributed by atoms with Gasteiger partial charge in [-0.2, -0.15) is 0 Å². The number of esters is 1. The summed E-state index contributed by atoms with van der Waals surface area (Å²) in [6.45, 7) is 1.83. The number of hydrogen-bond acceptors (Lipinski definition) is 3. The highest BCUT2D eigenvalue weighted by Gasteiger charge is 2.05. The number of rotatable bonds is 2. The van der Waals surface area contributed by atoms with Crippen molar-refractivity contribution >= 4 is 5.97 Å². The lowest BCUT2D eigenvalue weighted by atomic mass is 10.1. The maximum absolute atomic E-state index is 10.9. The molecule has 0 aromatic carbocycles. The lowest BCUT2D eigenvalue weighted by molar-refractivity contribution is -0.139. The van der Waals surface area contributed by atoms with E-state index in [1.54, 1.807) is 6.20 Å². The maximum atomic E-state index is 10.9. The molecule has 0 amide bonds. The number of hydrogen-bond donors (Lipinski definition) is 1. The van der Waals surface area contributed by atoms with E-state index >= 15 is 0 Å². The average molecular weight is 181 g/mol. The summed E-state index contributed by atoms with van der Waals surface area (Å²) >= 11 is 0. The number of ether oxygens (including phenoxy) is 1. The minimum Gasteiger partial charge on any atom is -0.469 e. The fraction of sp³-hybridized carbons (Fsp3) is 0.333. The molecule has 13 heavy (non-hydrogen) atoms. The van der Waals surface area contributed by atoms with Crippen LogP contribution in [0.2, 0.25) is 0 Å². The summed E-state index contributed by atoms with van der Waals surface area (Å²) in [6.07, 6.45) is 1.73. The molecule has 0 saturated heterocycles. The first-order valence-electron chi connectivity index (χ1n) is 3.88. The predicted molar refractivity (Wildman–Crippen MR) is 47.5 cm³/mol. The Morgan fingerprint density at radius 3 is 2.92 bits per heavy atom. The number of H-pyrrole nitrogens is 1. The van der Waals surface area contributed by atoms with Crippen LogP contribution < -0.4 is 5.56 Å². The third kappa shape index (κ3) is 2.43. The van der Waals surface area contributed by atoms with Crippen molar-refractivity contribution in [2.24, 2.45) is 0 Å². The Morgan fingerprint density at radius 1 is 1.62 bits per heavy atom. The SMILES string of the molecule is COC(=O)Cc1cc(=O)[nH]cc1C. The van der Waals surface area contributed by atoms with E-state index < -0.39 is 0 Å². The largest absolute Gasteiger partial charge is 0.469 e. The average Bonchev–Trinajstić information content (AvgIpc) is 2.11. The number of aromatic amines is 1. The third-order valence-corrected chi connectivity index (χ3v) is 1.81. The normalized spacial score (nSPS) is 9.69. The van der Waals surface area contributed by atoms with E-state index in [9.17, 15) is 9.59 Å². The van der Waals surface area contributed by atoms with Gasteiger partial charge in [-0.25, -0.2) is 0 Å². The number of carbonyl (C=O) groups excluding carboxylic acids is 1. The molecule has 0 atom stereocenters. The molecule has 4 heteroatoms. The quantitative estimate of drug-likeness (QED) is 0.672. The van der Waals surface area contributed by atoms with Crippen LogP contribution in [0.3, 0.4) is 0 Å². The van der Waals surface area contributed by atoms with E-state index in [0.717, 1.165) is 5.56 Å². The molecule has 0 aliphatic heterocycles. The fourth-order valence-corrected chi connectivity index (χ4v) is 1.00. The zero-order valence-corrected chi connectivity index (χ0v) is 7.59. The molecule has 1 heterocycles. The molecule has 1 N–H and O–H groups in total. The Labute approximate surface area is 75.5 Å². The molecule has 0 fully saturated rings. The molecule has 0 aliphatic rings. The molecule has 70 valence electrons. The smallest absolute Gasteiger partial charge is 0.309 e. The molecule has 0 aliphatic carbocycles. The maximum Gasteiger partial charge on any atom is 0.309 e. The summed E-state index contributed by atoms with van der Waals surface area (Å²) in [5.74, 6) is -0.339. The van der Waals surface area contributed by atoms with E-state index in [4.69, 9.17) is 0 Å². The van der Waals surface area contributed by atoms with E-state index in [1.165, 1.54) is 13.2 Å². The van der Waals surface area contributed by atoms with Crippen molar-refractivity contribution in [3.63, 3.8) is 0 Å². The van der Waals surface area contributed by atoms with Crippen LogP contribution in [-0.2, 0) is 16.0 Å². The van der Waals surface area contributed by atoms with Gasteiger partial charge in [-0.15, -0.1) is 0 Å². The van der Waals surface area contributed by atoms with Gasteiger partial charge >= 0.3 is 5.97 Å². The Kier molecular flexibility index (Phi) is 2.84. The molecule has 0 unspecified atom stereocenters. The van der Waals surface area contributed by atoms with Crippen molar-refractivity contribution in [2.75, 3.05) is 7.11 Å². The highest BCUT2D eigenvalue weighted by Crippen LogP contribution is 2.03. The summed E-state index contributed by atoms with van der Waals surface area (Å²) in [5.41, 5.74) is 1.38. The minimum atomic E-state index is -0.339. The number of aryl methyl sites for hydroxylation is 1. The van der Waals surface area contributed by atoms with Crippen molar-refractivity contribution in [1.29, 1.82) is 0 Å². The van der Waals surface area contributed by atoms with Crippen LogP contribution in [0.4, 0.5) is 0 Å². The lowest BCUT2D eigenvalue weighted by Crippen LogP contribution is -2.11. The number of carbonyl (C=O) groups is 1. The Bertz CT molecular complexity index is 367. The summed E-state index contributed by atoms with van der Waals surface area (Å²) in [4.78, 5) is 24.3. The summed E-state index contributed by atoms with van der Waals surface area (Å²) in [7, 11) is 1.32. The fourth-order valence-electron chi connectivity index (χ4n) is 1.00. The molecule has 0 bridgehead atoms. The first kappa shape index (κ1) is 9.51. The molecular weight excluding hydrogens is 170 g/mol. The molecule has 1 rings (SSSR count). The molecule has 0 saturated carbocycles. The van der Waals surface area contributed by atoms with Gasteiger partial charge in [0.25, 0.3) is 0 Å². The van der Waals surface area contributed by atoms with Crippen LogP contribution in [-0.4, -0.2) is 18.1 Å². The van der Waals surface area contributed by atoms with Crippen molar-refractivity contribution < 1.29 is 9.53 Å². The zero-order chi connectivity index (χ0) is 9.84. The van der Waals surface area contributed by atoms with Crippen molar-refractivity contribution in [3.05, 3.63) is 33.7 Å². The number of nitrogens with one attached hydrogen (secondary N) is 1. The number of methoxy groups -OCH3 is 1. The second-order valence-electron chi connectivity index (χ2n) is 2.76. The predicted octanol–water partition coefficient (Wildman–Crippen LogP) is 0.399. The second kappa shape index (κ2) is 3.89. The van der Waals surface area contributed by atoms with E-state index in [0.29, 0.717) is 5.56 Å². The van der Waals surface area contributed by atoms with Gasteiger partial charge in [-0.05, 0) is 18.1 Å². The monoisotopic (exact) mass is 181 g/mol. The van der Waals surface area contributed by atoms with Crippen LogP contribution in [0.15, 0.2) is 17.1 Å². The summed E-state index contributed by atoms with van der Waals surface area (Å²) in [6, 6.07) is 1.41.